The maximum absolute atomic E-state index is 12.0. The van der Waals surface area contributed by atoms with Crippen LogP contribution >= 0.6 is 11.3 Å². The van der Waals surface area contributed by atoms with Gasteiger partial charge in [0.2, 0.25) is 0 Å². The van der Waals surface area contributed by atoms with Crippen LogP contribution < -0.4 is 11.1 Å². The van der Waals surface area contributed by atoms with Crippen LogP contribution in [0.2, 0.25) is 0 Å². The van der Waals surface area contributed by atoms with Crippen LogP contribution in [-0.4, -0.2) is 18.5 Å². The van der Waals surface area contributed by atoms with Crippen LogP contribution in [0.15, 0.2) is 12.1 Å². The van der Waals surface area contributed by atoms with Crippen molar-refractivity contribution in [2.75, 3.05) is 6.54 Å². The third kappa shape index (κ3) is 5.91. The van der Waals surface area contributed by atoms with Crippen molar-refractivity contribution in [3.8, 4) is 11.8 Å². The highest BCUT2D eigenvalue weighted by Gasteiger charge is 2.12. The highest BCUT2D eigenvalue weighted by molar-refractivity contribution is 7.14. The van der Waals surface area contributed by atoms with Crippen LogP contribution in [0.3, 0.4) is 0 Å². The van der Waals surface area contributed by atoms with Gasteiger partial charge in [0, 0.05) is 6.04 Å². The number of hydrogen-bond acceptors (Lipinski definition) is 3. The van der Waals surface area contributed by atoms with Crippen LogP contribution in [0, 0.1) is 17.8 Å². The van der Waals surface area contributed by atoms with E-state index in [0.717, 1.165) is 17.7 Å². The van der Waals surface area contributed by atoms with Crippen molar-refractivity contribution in [3.63, 3.8) is 0 Å². The molecule has 3 nitrogen and oxygen atoms in total. The molecule has 0 saturated heterocycles. The predicted molar refractivity (Wildman–Crippen MR) is 81.3 cm³/mol. The van der Waals surface area contributed by atoms with E-state index in [4.69, 9.17) is 5.73 Å². The van der Waals surface area contributed by atoms with E-state index >= 15 is 0 Å². The fourth-order valence-corrected chi connectivity index (χ4v) is 2.40. The first-order valence-corrected chi connectivity index (χ1v) is 7.44. The monoisotopic (exact) mass is 278 g/mol. The van der Waals surface area contributed by atoms with Gasteiger partial charge in [-0.3, -0.25) is 4.79 Å². The SMILES string of the molecule is CC(C)CCC(C)NC(=O)c1ccc(C#CCN)s1. The second-order valence-corrected chi connectivity index (χ2v) is 6.10. The molecular weight excluding hydrogens is 256 g/mol. The van der Waals surface area contributed by atoms with E-state index in [2.05, 4.69) is 31.0 Å². The molecule has 1 rings (SSSR count). The molecule has 3 N–H and O–H groups in total. The second kappa shape index (κ2) is 7.98. The molecule has 19 heavy (non-hydrogen) atoms. The van der Waals surface area contributed by atoms with Crippen molar-refractivity contribution < 1.29 is 4.79 Å². The molecule has 0 aromatic carbocycles. The minimum absolute atomic E-state index is 0.0120. The van der Waals surface area contributed by atoms with Crippen molar-refractivity contribution in [2.45, 2.75) is 39.7 Å². The third-order valence-corrected chi connectivity index (χ3v) is 3.70. The Hall–Kier alpha value is -1.31. The molecule has 0 bridgehead atoms. The Kier molecular flexibility index (Phi) is 6.61. The zero-order chi connectivity index (χ0) is 14.3. The van der Waals surface area contributed by atoms with Crippen LogP contribution in [0.5, 0.6) is 0 Å². The van der Waals surface area contributed by atoms with Gasteiger partial charge in [-0.2, -0.15) is 0 Å². The highest BCUT2D eigenvalue weighted by atomic mass is 32.1. The Morgan fingerprint density at radius 3 is 2.74 bits per heavy atom. The van der Waals surface area contributed by atoms with Crippen LogP contribution in [0.4, 0.5) is 0 Å². The summed E-state index contributed by atoms with van der Waals surface area (Å²) >= 11 is 1.41. The van der Waals surface area contributed by atoms with Gasteiger partial charge >= 0.3 is 0 Å². The summed E-state index contributed by atoms with van der Waals surface area (Å²) in [6.07, 6.45) is 2.13. The standard InChI is InChI=1S/C15H22N2OS/c1-11(2)6-7-12(3)17-15(18)14-9-8-13(19-14)5-4-10-16/h8-9,11-12H,6-7,10,16H2,1-3H3,(H,17,18). The quantitative estimate of drug-likeness (QED) is 0.813. The average Bonchev–Trinajstić information content (AvgIpc) is 2.82. The van der Waals surface area contributed by atoms with E-state index in [9.17, 15) is 4.79 Å². The van der Waals surface area contributed by atoms with Gasteiger partial charge in [-0.05, 0) is 37.8 Å². The molecule has 1 heterocycles. The minimum atomic E-state index is -0.0120. The highest BCUT2D eigenvalue weighted by Crippen LogP contribution is 2.16. The molecule has 0 aliphatic heterocycles. The lowest BCUT2D eigenvalue weighted by atomic mass is 10.0. The zero-order valence-corrected chi connectivity index (χ0v) is 12.6. The lowest BCUT2D eigenvalue weighted by Crippen LogP contribution is -2.32. The molecule has 1 unspecified atom stereocenters. The summed E-state index contributed by atoms with van der Waals surface area (Å²) in [5.74, 6) is 6.38. The van der Waals surface area contributed by atoms with E-state index in [0.29, 0.717) is 17.3 Å². The van der Waals surface area contributed by atoms with Crippen molar-refractivity contribution in [1.82, 2.24) is 5.32 Å². The van der Waals surface area contributed by atoms with Gasteiger partial charge < -0.3 is 11.1 Å². The van der Waals surface area contributed by atoms with Crippen LogP contribution in [0.1, 0.15) is 48.2 Å². The first kappa shape index (κ1) is 15.7. The third-order valence-electron chi connectivity index (χ3n) is 2.70. The maximum atomic E-state index is 12.0. The van der Waals surface area contributed by atoms with Crippen LogP contribution in [-0.2, 0) is 0 Å². The Balaban J connectivity index is 2.51. The fourth-order valence-electron chi connectivity index (χ4n) is 1.62. The number of thiophene rings is 1. The summed E-state index contributed by atoms with van der Waals surface area (Å²) in [4.78, 5) is 13.6. The lowest BCUT2D eigenvalue weighted by Gasteiger charge is -2.14. The topological polar surface area (TPSA) is 55.1 Å². The molecule has 4 heteroatoms. The fraction of sp³-hybridized carbons (Fsp3) is 0.533. The number of nitrogens with one attached hydrogen (secondary N) is 1. The predicted octanol–water partition coefficient (Wildman–Crippen LogP) is 2.61. The second-order valence-electron chi connectivity index (χ2n) is 5.02. The zero-order valence-electron chi connectivity index (χ0n) is 11.8. The molecule has 0 aliphatic rings. The summed E-state index contributed by atoms with van der Waals surface area (Å²) in [6.45, 7) is 6.76. The van der Waals surface area contributed by atoms with Crippen molar-refractivity contribution in [2.24, 2.45) is 11.7 Å². The van der Waals surface area contributed by atoms with E-state index in [1.165, 1.54) is 11.3 Å². The minimum Gasteiger partial charge on any atom is -0.349 e. The van der Waals surface area contributed by atoms with Crippen molar-refractivity contribution in [3.05, 3.63) is 21.9 Å². The van der Waals surface area contributed by atoms with Crippen LogP contribution in [0.25, 0.3) is 0 Å². The van der Waals surface area contributed by atoms with E-state index in [1.807, 2.05) is 19.1 Å². The summed E-state index contributed by atoms with van der Waals surface area (Å²) in [6, 6.07) is 3.88. The van der Waals surface area contributed by atoms with Gasteiger partial charge in [-0.15, -0.1) is 11.3 Å². The molecular formula is C15H22N2OS. The number of hydrogen-bond donors (Lipinski definition) is 2. The van der Waals surface area contributed by atoms with Gasteiger partial charge in [0.15, 0.2) is 0 Å². The van der Waals surface area contributed by atoms with E-state index in [-0.39, 0.29) is 11.9 Å². The Labute approximate surface area is 119 Å². The summed E-state index contributed by atoms with van der Waals surface area (Å²) < 4.78 is 0. The molecule has 0 spiro atoms. The molecule has 0 saturated carbocycles. The van der Waals surface area contributed by atoms with Gasteiger partial charge in [-0.25, -0.2) is 0 Å². The summed E-state index contributed by atoms with van der Waals surface area (Å²) in [5.41, 5.74) is 5.32. The van der Waals surface area contributed by atoms with E-state index in [1.54, 1.807) is 0 Å². The molecule has 1 amide bonds. The Morgan fingerprint density at radius 1 is 1.37 bits per heavy atom. The summed E-state index contributed by atoms with van der Waals surface area (Å²) in [7, 11) is 0. The number of carbonyl (C=O) groups excluding carboxylic acids is 1. The van der Waals surface area contributed by atoms with Gasteiger partial charge in [0.25, 0.3) is 5.91 Å². The lowest BCUT2D eigenvalue weighted by molar-refractivity contribution is 0.0941. The smallest absolute Gasteiger partial charge is 0.261 e. The number of rotatable bonds is 5. The molecule has 0 aliphatic carbocycles. The normalized spacial score (nSPS) is 11.8. The first-order valence-electron chi connectivity index (χ1n) is 6.62. The maximum Gasteiger partial charge on any atom is 0.261 e. The number of nitrogens with two attached hydrogens (primary N) is 1. The average molecular weight is 278 g/mol. The van der Waals surface area contributed by atoms with Crippen molar-refractivity contribution >= 4 is 17.2 Å². The molecule has 0 fully saturated rings. The molecule has 1 aromatic heterocycles. The Morgan fingerprint density at radius 2 is 2.11 bits per heavy atom. The largest absolute Gasteiger partial charge is 0.349 e. The molecule has 0 radical (unpaired) electrons. The number of amides is 1. The number of carbonyl (C=O) groups is 1. The molecule has 104 valence electrons. The molecule has 1 aromatic rings. The van der Waals surface area contributed by atoms with Gasteiger partial charge in [-0.1, -0.05) is 25.7 Å². The van der Waals surface area contributed by atoms with E-state index < -0.39 is 0 Å². The first-order chi connectivity index (χ1) is 9.02. The summed E-state index contributed by atoms with van der Waals surface area (Å²) in [5, 5.41) is 3.02. The van der Waals surface area contributed by atoms with Gasteiger partial charge in [0.05, 0.1) is 16.3 Å². The molecule has 1 atom stereocenters. The van der Waals surface area contributed by atoms with Crippen molar-refractivity contribution in [1.29, 1.82) is 0 Å². The Bertz CT molecular complexity index is 468. The van der Waals surface area contributed by atoms with Gasteiger partial charge in [0.1, 0.15) is 0 Å².